The maximum absolute atomic E-state index is 13.7. The largest absolute Gasteiger partial charge is 0.455 e. The molecule has 1 spiro atoms. The zero-order chi connectivity index (χ0) is 67.3. The Bertz CT molecular complexity index is 3060. The highest BCUT2D eigenvalue weighted by Crippen LogP contribution is 2.64. The molecule has 9 nitrogen and oxygen atoms in total. The molecule has 9 aliphatic rings. The molecule has 0 amide bonds. The van der Waals surface area contributed by atoms with Gasteiger partial charge in [-0.15, -0.1) is 24.0 Å². The van der Waals surface area contributed by atoms with Gasteiger partial charge in [0.05, 0.1) is 21.8 Å². The number of ketones is 1. The van der Waals surface area contributed by atoms with E-state index in [1.54, 1.807) is 0 Å². The molecule has 8 aliphatic carbocycles. The van der Waals surface area contributed by atoms with Crippen LogP contribution in [0.2, 0.25) is 0 Å². The molecular formula is C70H73F12IO9S2+2. The minimum Gasteiger partial charge on any atom is -0.455 e. The first-order chi connectivity index (χ1) is 43.8. The van der Waals surface area contributed by atoms with E-state index in [0.717, 1.165) is 12.8 Å². The van der Waals surface area contributed by atoms with Crippen LogP contribution in [0, 0.1) is 35.5 Å². The summed E-state index contributed by atoms with van der Waals surface area (Å²) >= 11 is 0. The van der Waals surface area contributed by atoms with Gasteiger partial charge in [-0.1, -0.05) is 109 Å². The van der Waals surface area contributed by atoms with Crippen LogP contribution in [0.25, 0.3) is 0 Å². The van der Waals surface area contributed by atoms with Crippen LogP contribution >= 0.6 is 24.0 Å². The summed E-state index contributed by atoms with van der Waals surface area (Å²) in [6.07, 6.45) is 4.69. The Balaban J connectivity index is 0.000000155. The number of aliphatic hydroxyl groups excluding tert-OH is 2. The number of hydrogen-bond acceptors (Lipinski definition) is 9. The van der Waals surface area contributed by atoms with Gasteiger partial charge in [0, 0.05) is 37.5 Å². The van der Waals surface area contributed by atoms with Gasteiger partial charge in [0.1, 0.15) is 43.4 Å². The lowest BCUT2D eigenvalue weighted by Gasteiger charge is -2.63. The van der Waals surface area contributed by atoms with Gasteiger partial charge in [-0.2, -0.15) is 52.7 Å². The van der Waals surface area contributed by atoms with Crippen molar-refractivity contribution in [1.82, 2.24) is 0 Å². The second-order valence-corrected chi connectivity index (χ2v) is 29.0. The first-order valence-corrected chi connectivity index (χ1v) is 32.9. The van der Waals surface area contributed by atoms with Crippen molar-refractivity contribution in [3.8, 4) is 0 Å². The molecule has 8 saturated carbocycles. The number of Topliss-reactive ketones (excluding diaryl/α,β-unsaturated/α-hetero) is 1. The fourth-order valence-electron chi connectivity index (χ4n) is 13.9. The van der Waals surface area contributed by atoms with Gasteiger partial charge in [-0.05, 0) is 149 Å². The normalized spacial score (nSPS) is 25.7. The Hall–Kier alpha value is -5.64. The first kappa shape index (κ1) is 74.2. The van der Waals surface area contributed by atoms with Gasteiger partial charge < -0.3 is 29.2 Å². The van der Waals surface area contributed by atoms with Crippen molar-refractivity contribution in [2.75, 3.05) is 26.4 Å². The molecule has 94 heavy (non-hydrogen) atoms. The second kappa shape index (κ2) is 30.0. The summed E-state index contributed by atoms with van der Waals surface area (Å²) in [5, 5.41) is 15.4. The molecule has 4 unspecified atom stereocenters. The molecule has 508 valence electrons. The highest BCUT2D eigenvalue weighted by Gasteiger charge is 2.70. The Labute approximate surface area is 560 Å². The standard InChI is InChI=1S/2C18H15S.C17H20F6O4.C13H16F2O3.C4H6F4O2.HI/c2*1-4-10-16(11-5-1)19(17-12-6-2-7-13-17)18-14-8-3-9-15-18;1-13(18,19)12(24)27-14-4-9-2-10(5-14)17(11(3-9)6-14)25-7-15(20,21)16(22,23)8-26-17;1-12(14,15)11(17)18-13-4-7-2-8(5-13)10(16)9(3-7)6-13;5-3(6,1-9)4(7,8)2-10;/h2*1-15H;9-11H,2-8H2,1H3;7-9H,2-6H2,1H3;9-10H,1-2H2;1H/q2*+1;;;;. The van der Waals surface area contributed by atoms with E-state index in [1.807, 2.05) is 0 Å². The SMILES string of the molecule is CC(F)(F)C(=O)OC12CC3CC(C1)C(=O)C(C3)C2.CC(F)(F)C(=O)OC12CC3CC(C1)C1(OCC(F)(F)C(F)(F)CO1)C(C3)C2.I.OCC(F)(F)C(F)(F)CO.c1ccc([S+](c2ccccc2)c2ccccc2)cc1.c1ccc([S+](c2ccccc2)c2ccccc2)cc1. The van der Waals surface area contributed by atoms with Crippen molar-refractivity contribution < 1.29 is 96.2 Å². The van der Waals surface area contributed by atoms with E-state index in [4.69, 9.17) is 29.2 Å². The van der Waals surface area contributed by atoms with E-state index in [2.05, 4.69) is 182 Å². The van der Waals surface area contributed by atoms with E-state index in [-0.39, 0.29) is 82.1 Å². The average Bonchev–Trinajstić information content (AvgIpc) is 1.13. The minimum atomic E-state index is -4.54. The third-order valence-electron chi connectivity index (χ3n) is 17.8. The van der Waals surface area contributed by atoms with E-state index in [1.165, 1.54) is 29.4 Å². The second-order valence-electron chi connectivity index (χ2n) is 24.9. The van der Waals surface area contributed by atoms with Crippen LogP contribution in [0.1, 0.15) is 78.1 Å². The fraction of sp³-hybridized carbons (Fsp3) is 0.443. The molecule has 1 saturated heterocycles. The summed E-state index contributed by atoms with van der Waals surface area (Å²) in [4.78, 5) is 43.2. The molecule has 15 rings (SSSR count). The molecule has 24 heteroatoms. The zero-order valence-electron chi connectivity index (χ0n) is 51.2. The van der Waals surface area contributed by atoms with Crippen LogP contribution in [-0.2, 0) is 55.1 Å². The van der Waals surface area contributed by atoms with Gasteiger partial charge in [0.2, 0.25) is 0 Å². The monoisotopic (exact) mass is 1480 g/mol. The third-order valence-corrected chi connectivity index (χ3v) is 22.3. The summed E-state index contributed by atoms with van der Waals surface area (Å²) < 4.78 is 175. The molecule has 0 radical (unpaired) electrons. The van der Waals surface area contributed by atoms with Crippen LogP contribution in [0.4, 0.5) is 52.7 Å². The van der Waals surface area contributed by atoms with Crippen LogP contribution in [-0.4, -0.2) is 107 Å². The molecule has 2 N–H and O–H groups in total. The zero-order valence-corrected chi connectivity index (χ0v) is 55.2. The van der Waals surface area contributed by atoms with E-state index in [9.17, 15) is 67.1 Å². The first-order valence-electron chi connectivity index (χ1n) is 30.4. The van der Waals surface area contributed by atoms with E-state index in [0.29, 0.717) is 58.3 Å². The summed E-state index contributed by atoms with van der Waals surface area (Å²) in [5.74, 6) is -30.3. The van der Waals surface area contributed by atoms with Crippen molar-refractivity contribution >= 4 is 63.5 Å². The molecule has 6 aromatic rings. The number of alkyl halides is 12. The Morgan fingerprint density at radius 2 is 0.702 bits per heavy atom. The summed E-state index contributed by atoms with van der Waals surface area (Å²) in [6.45, 7) is -5.89. The number of carbonyl (C=O) groups is 3. The topological polar surface area (TPSA) is 129 Å². The smallest absolute Gasteiger partial charge is 0.377 e. The lowest BCUT2D eigenvalue weighted by molar-refractivity contribution is -0.355. The Morgan fingerprint density at radius 1 is 0.447 bits per heavy atom. The molecule has 1 aliphatic heterocycles. The molecule has 4 atom stereocenters. The average molecular weight is 1480 g/mol. The van der Waals surface area contributed by atoms with Crippen molar-refractivity contribution in [3.05, 3.63) is 182 Å². The number of ether oxygens (including phenoxy) is 4. The van der Waals surface area contributed by atoms with Crippen molar-refractivity contribution in [2.45, 2.75) is 160 Å². The number of carbonyl (C=O) groups excluding carboxylic acids is 3. The number of halogens is 13. The van der Waals surface area contributed by atoms with Gasteiger partial charge >= 0.3 is 47.5 Å². The fourth-order valence-corrected chi connectivity index (χ4v) is 18.1. The predicted molar refractivity (Wildman–Crippen MR) is 338 cm³/mol. The molecule has 9 fully saturated rings. The molecule has 8 bridgehead atoms. The highest BCUT2D eigenvalue weighted by atomic mass is 127. The van der Waals surface area contributed by atoms with Gasteiger partial charge in [-0.3, -0.25) is 4.79 Å². The maximum atomic E-state index is 13.7. The number of hydrogen-bond donors (Lipinski definition) is 2. The highest BCUT2D eigenvalue weighted by molar-refractivity contribution is 14.0. The van der Waals surface area contributed by atoms with Crippen LogP contribution in [0.5, 0.6) is 0 Å². The predicted octanol–water partition coefficient (Wildman–Crippen LogP) is 16.5. The summed E-state index contributed by atoms with van der Waals surface area (Å²) in [6, 6.07) is 64.3. The van der Waals surface area contributed by atoms with E-state index >= 15 is 0 Å². The number of aliphatic hydroxyl groups is 2. The Morgan fingerprint density at radius 3 is 0.957 bits per heavy atom. The lowest BCUT2D eigenvalue weighted by Crippen LogP contribution is -2.66. The molecule has 1 heterocycles. The number of esters is 2. The minimum absolute atomic E-state index is 0. The number of rotatable bonds is 13. The van der Waals surface area contributed by atoms with Crippen molar-refractivity contribution in [2.24, 2.45) is 35.5 Å². The van der Waals surface area contributed by atoms with E-state index < -0.39 is 103 Å². The van der Waals surface area contributed by atoms with Gasteiger partial charge in [0.25, 0.3) is 0 Å². The van der Waals surface area contributed by atoms with Crippen molar-refractivity contribution in [1.29, 1.82) is 0 Å². The molecular weight excluding hydrogens is 1400 g/mol. The quantitative estimate of drug-likeness (QED) is 0.0503. The van der Waals surface area contributed by atoms with Gasteiger partial charge in [-0.25, -0.2) is 9.59 Å². The third kappa shape index (κ3) is 17.0. The van der Waals surface area contributed by atoms with Gasteiger partial charge in [0.15, 0.2) is 35.2 Å². The Kier molecular flexibility index (Phi) is 23.7. The summed E-state index contributed by atoms with van der Waals surface area (Å²) in [5.41, 5.74) is -1.94. The lowest BCUT2D eigenvalue weighted by atomic mass is 9.51. The van der Waals surface area contributed by atoms with Crippen LogP contribution < -0.4 is 0 Å². The van der Waals surface area contributed by atoms with Crippen LogP contribution in [0.3, 0.4) is 0 Å². The molecule has 6 aromatic carbocycles. The maximum Gasteiger partial charge on any atom is 0.377 e. The van der Waals surface area contributed by atoms with Crippen molar-refractivity contribution in [3.63, 3.8) is 0 Å². The van der Waals surface area contributed by atoms with Crippen LogP contribution in [0.15, 0.2) is 211 Å². The number of benzene rings is 6. The molecule has 0 aromatic heterocycles. The summed E-state index contributed by atoms with van der Waals surface area (Å²) in [7, 11) is -0.0293.